The van der Waals surface area contributed by atoms with Gasteiger partial charge in [0.05, 0.1) is 5.92 Å². The Bertz CT molecular complexity index is 373. The van der Waals surface area contributed by atoms with E-state index in [1.54, 1.807) is 6.92 Å². The normalized spacial score (nSPS) is 21.3. The minimum atomic E-state index is -0.809. The molecule has 20 heavy (non-hydrogen) atoms. The van der Waals surface area contributed by atoms with Crippen LogP contribution in [0.3, 0.4) is 0 Å². The van der Waals surface area contributed by atoms with Crippen LogP contribution in [-0.2, 0) is 9.59 Å². The minimum absolute atomic E-state index is 0.0191. The molecule has 1 aliphatic rings. The van der Waals surface area contributed by atoms with Crippen molar-refractivity contribution in [2.45, 2.75) is 39.2 Å². The third kappa shape index (κ3) is 4.71. The summed E-state index contributed by atoms with van der Waals surface area (Å²) in [6.07, 6.45) is 1.71. The highest BCUT2D eigenvalue weighted by atomic mass is 16.4. The molecule has 0 spiro atoms. The van der Waals surface area contributed by atoms with Gasteiger partial charge in [0.25, 0.3) is 0 Å². The Hall–Kier alpha value is -1.79. The highest BCUT2D eigenvalue weighted by molar-refractivity contribution is 5.84. The van der Waals surface area contributed by atoms with Crippen molar-refractivity contribution in [2.75, 3.05) is 19.6 Å². The molecule has 0 heterocycles. The van der Waals surface area contributed by atoms with Crippen molar-refractivity contribution >= 4 is 17.9 Å². The number of amides is 3. The summed E-state index contributed by atoms with van der Waals surface area (Å²) in [4.78, 5) is 35.8. The van der Waals surface area contributed by atoms with E-state index < -0.39 is 5.97 Å². The zero-order valence-electron chi connectivity index (χ0n) is 12.0. The van der Waals surface area contributed by atoms with Crippen LogP contribution in [0.5, 0.6) is 0 Å². The van der Waals surface area contributed by atoms with Crippen molar-refractivity contribution in [3.05, 3.63) is 0 Å². The highest BCUT2D eigenvalue weighted by Gasteiger charge is 2.31. The molecule has 0 saturated heterocycles. The molecule has 1 rings (SSSR count). The van der Waals surface area contributed by atoms with E-state index in [2.05, 4.69) is 10.6 Å². The summed E-state index contributed by atoms with van der Waals surface area (Å²) < 4.78 is 0. The monoisotopic (exact) mass is 285 g/mol. The van der Waals surface area contributed by atoms with Crippen molar-refractivity contribution in [2.24, 2.45) is 5.92 Å². The van der Waals surface area contributed by atoms with Gasteiger partial charge < -0.3 is 20.6 Å². The van der Waals surface area contributed by atoms with E-state index >= 15 is 0 Å². The van der Waals surface area contributed by atoms with Crippen LogP contribution in [0.1, 0.15) is 33.1 Å². The van der Waals surface area contributed by atoms with Crippen LogP contribution in [0.15, 0.2) is 0 Å². The standard InChI is InChI=1S/C13H23N3O4/c1-3-14-11(17)8-16(4-2)13(20)15-10-6-5-9(7-10)12(18)19/h9-10H,3-8H2,1-2H3,(H,14,17)(H,15,20)(H,18,19). The zero-order valence-corrected chi connectivity index (χ0v) is 12.0. The molecule has 3 N–H and O–H groups in total. The van der Waals surface area contributed by atoms with Crippen LogP contribution in [-0.4, -0.2) is 53.6 Å². The van der Waals surface area contributed by atoms with E-state index in [1.165, 1.54) is 4.90 Å². The topological polar surface area (TPSA) is 98.7 Å². The van der Waals surface area contributed by atoms with Gasteiger partial charge in [-0.05, 0) is 33.1 Å². The maximum absolute atomic E-state index is 12.0. The van der Waals surface area contributed by atoms with Crippen LogP contribution in [0.4, 0.5) is 4.79 Å². The third-order valence-electron chi connectivity index (χ3n) is 3.49. The number of carboxylic acids is 1. The molecule has 1 saturated carbocycles. The first-order valence-corrected chi connectivity index (χ1v) is 7.02. The Morgan fingerprint density at radius 1 is 1.25 bits per heavy atom. The molecular weight excluding hydrogens is 262 g/mol. The predicted molar refractivity (Wildman–Crippen MR) is 73.2 cm³/mol. The molecule has 1 aliphatic carbocycles. The summed E-state index contributed by atoms with van der Waals surface area (Å²) in [7, 11) is 0. The van der Waals surface area contributed by atoms with Crippen molar-refractivity contribution in [3.8, 4) is 0 Å². The van der Waals surface area contributed by atoms with E-state index in [0.717, 1.165) is 0 Å². The second-order valence-electron chi connectivity index (χ2n) is 4.96. The number of carbonyl (C=O) groups is 3. The lowest BCUT2D eigenvalue weighted by atomic mass is 10.1. The molecule has 7 nitrogen and oxygen atoms in total. The average Bonchev–Trinajstić information content (AvgIpc) is 2.84. The Kier molecular flexibility index (Phi) is 6.27. The lowest BCUT2D eigenvalue weighted by Crippen LogP contribution is -2.48. The number of aliphatic carboxylic acids is 1. The van der Waals surface area contributed by atoms with Crippen LogP contribution < -0.4 is 10.6 Å². The molecule has 2 unspecified atom stereocenters. The van der Waals surface area contributed by atoms with Gasteiger partial charge in [0.2, 0.25) is 5.91 Å². The Labute approximate surface area is 118 Å². The molecule has 0 aliphatic heterocycles. The number of hydrogen-bond acceptors (Lipinski definition) is 3. The molecule has 0 aromatic heterocycles. The minimum Gasteiger partial charge on any atom is -0.481 e. The molecule has 1 fully saturated rings. The molecular formula is C13H23N3O4. The number of carbonyl (C=O) groups excluding carboxylic acids is 2. The smallest absolute Gasteiger partial charge is 0.318 e. The molecule has 2 atom stereocenters. The van der Waals surface area contributed by atoms with Gasteiger partial charge >= 0.3 is 12.0 Å². The molecule has 114 valence electrons. The second-order valence-corrected chi connectivity index (χ2v) is 4.96. The molecule has 0 aromatic rings. The van der Waals surface area contributed by atoms with Gasteiger partial charge in [0, 0.05) is 19.1 Å². The van der Waals surface area contributed by atoms with Crippen molar-refractivity contribution in [3.63, 3.8) is 0 Å². The summed E-state index contributed by atoms with van der Waals surface area (Å²) in [5, 5.41) is 14.4. The first-order valence-electron chi connectivity index (χ1n) is 7.02. The van der Waals surface area contributed by atoms with Gasteiger partial charge in [-0.2, -0.15) is 0 Å². The average molecular weight is 285 g/mol. The molecule has 3 amide bonds. The maximum Gasteiger partial charge on any atom is 0.318 e. The lowest BCUT2D eigenvalue weighted by molar-refractivity contribution is -0.141. The van der Waals surface area contributed by atoms with Gasteiger partial charge in [-0.15, -0.1) is 0 Å². The van der Waals surface area contributed by atoms with Crippen LogP contribution in [0.25, 0.3) is 0 Å². The van der Waals surface area contributed by atoms with Gasteiger partial charge in [0.1, 0.15) is 6.54 Å². The highest BCUT2D eigenvalue weighted by Crippen LogP contribution is 2.25. The Morgan fingerprint density at radius 2 is 1.95 bits per heavy atom. The van der Waals surface area contributed by atoms with E-state index in [4.69, 9.17) is 5.11 Å². The number of rotatable bonds is 6. The van der Waals surface area contributed by atoms with Crippen LogP contribution in [0.2, 0.25) is 0 Å². The van der Waals surface area contributed by atoms with Gasteiger partial charge in [-0.1, -0.05) is 0 Å². The Balaban J connectivity index is 2.44. The third-order valence-corrected chi connectivity index (χ3v) is 3.49. The Morgan fingerprint density at radius 3 is 2.45 bits per heavy atom. The maximum atomic E-state index is 12.0. The largest absolute Gasteiger partial charge is 0.481 e. The first kappa shape index (κ1) is 16.3. The first-order chi connectivity index (χ1) is 9.47. The molecule has 0 bridgehead atoms. The lowest BCUT2D eigenvalue weighted by Gasteiger charge is -2.23. The van der Waals surface area contributed by atoms with E-state index in [9.17, 15) is 14.4 Å². The van der Waals surface area contributed by atoms with Crippen LogP contribution in [0, 0.1) is 5.92 Å². The summed E-state index contributed by atoms with van der Waals surface area (Å²) in [5.41, 5.74) is 0. The molecule has 0 radical (unpaired) electrons. The summed E-state index contributed by atoms with van der Waals surface area (Å²) >= 11 is 0. The van der Waals surface area contributed by atoms with E-state index in [-0.39, 0.29) is 30.4 Å². The quantitative estimate of drug-likeness (QED) is 0.658. The van der Waals surface area contributed by atoms with E-state index in [0.29, 0.717) is 32.4 Å². The fourth-order valence-electron chi connectivity index (χ4n) is 2.36. The number of hydrogen-bond donors (Lipinski definition) is 3. The number of nitrogens with zero attached hydrogens (tertiary/aromatic N) is 1. The number of nitrogens with one attached hydrogen (secondary N) is 2. The van der Waals surface area contributed by atoms with E-state index in [1.807, 2.05) is 6.92 Å². The van der Waals surface area contributed by atoms with Crippen molar-refractivity contribution < 1.29 is 19.5 Å². The summed E-state index contributed by atoms with van der Waals surface area (Å²) in [6, 6.07) is -0.429. The van der Waals surface area contributed by atoms with Gasteiger partial charge in [-0.25, -0.2) is 4.79 Å². The second kappa shape index (κ2) is 7.72. The number of likely N-dealkylation sites (N-methyl/N-ethyl adjacent to an activating group) is 2. The van der Waals surface area contributed by atoms with Gasteiger partial charge in [0.15, 0.2) is 0 Å². The summed E-state index contributed by atoms with van der Waals surface area (Å²) in [5.74, 6) is -1.38. The van der Waals surface area contributed by atoms with Gasteiger partial charge in [-0.3, -0.25) is 9.59 Å². The van der Waals surface area contributed by atoms with Crippen molar-refractivity contribution in [1.82, 2.24) is 15.5 Å². The summed E-state index contributed by atoms with van der Waals surface area (Å²) in [6.45, 7) is 4.59. The fraction of sp³-hybridized carbons (Fsp3) is 0.769. The molecule has 0 aromatic carbocycles. The predicted octanol–water partition coefficient (Wildman–Crippen LogP) is 0.407. The van der Waals surface area contributed by atoms with Crippen molar-refractivity contribution in [1.29, 1.82) is 0 Å². The number of carboxylic acid groups (broad SMARTS) is 1. The SMILES string of the molecule is CCNC(=O)CN(CC)C(=O)NC1CCC(C(=O)O)C1. The zero-order chi connectivity index (χ0) is 15.1. The van der Waals surface area contributed by atoms with Crippen LogP contribution >= 0.6 is 0 Å². The molecule has 7 heteroatoms. The number of urea groups is 1. The fourth-order valence-corrected chi connectivity index (χ4v) is 2.36.